The second-order valence-corrected chi connectivity index (χ2v) is 7.08. The van der Waals surface area contributed by atoms with Gasteiger partial charge in [-0.2, -0.15) is 0 Å². The molecule has 0 radical (unpaired) electrons. The Labute approximate surface area is 154 Å². The van der Waals surface area contributed by atoms with E-state index in [9.17, 15) is 4.79 Å². The van der Waals surface area contributed by atoms with Crippen molar-refractivity contribution in [3.05, 3.63) is 59.9 Å². The van der Waals surface area contributed by atoms with Crippen molar-refractivity contribution in [1.82, 2.24) is 25.2 Å². The zero-order chi connectivity index (χ0) is 17.8. The molecule has 0 aliphatic heterocycles. The molecule has 132 valence electrons. The Bertz CT molecular complexity index is 1010. The predicted octanol–water partition coefficient (Wildman–Crippen LogP) is 3.54. The maximum Gasteiger partial charge on any atom is 0.315 e. The molecular weight excluding hydrogens is 346 g/mol. The third-order valence-electron chi connectivity index (χ3n) is 4.13. The summed E-state index contributed by atoms with van der Waals surface area (Å²) >= 11 is 1.60. The molecule has 0 saturated heterocycles. The van der Waals surface area contributed by atoms with Gasteiger partial charge in [-0.1, -0.05) is 24.3 Å². The Balaban J connectivity index is 1.21. The average molecular weight is 365 g/mol. The lowest BCUT2D eigenvalue weighted by Crippen LogP contribution is -2.35. The maximum absolute atomic E-state index is 11.9. The van der Waals surface area contributed by atoms with Crippen LogP contribution in [0.2, 0.25) is 0 Å². The monoisotopic (exact) mass is 365 g/mol. The molecule has 2 heterocycles. The first-order valence-electron chi connectivity index (χ1n) is 8.55. The van der Waals surface area contributed by atoms with E-state index in [1.165, 1.54) is 0 Å². The van der Waals surface area contributed by atoms with E-state index in [4.69, 9.17) is 0 Å². The molecule has 2 aromatic heterocycles. The fourth-order valence-corrected chi connectivity index (χ4v) is 3.76. The molecule has 0 unspecified atom stereocenters. The van der Waals surface area contributed by atoms with E-state index in [1.54, 1.807) is 11.3 Å². The molecular formula is C19H19N5OS. The summed E-state index contributed by atoms with van der Waals surface area (Å²) in [7, 11) is 0. The van der Waals surface area contributed by atoms with Gasteiger partial charge in [0.25, 0.3) is 0 Å². The van der Waals surface area contributed by atoms with Crippen molar-refractivity contribution in [3.8, 4) is 0 Å². The molecule has 0 saturated carbocycles. The smallest absolute Gasteiger partial charge is 0.315 e. The number of carbonyl (C=O) groups excluding carboxylic acids is 1. The van der Waals surface area contributed by atoms with Crippen LogP contribution in [0, 0.1) is 0 Å². The van der Waals surface area contributed by atoms with Gasteiger partial charge in [0.2, 0.25) is 0 Å². The summed E-state index contributed by atoms with van der Waals surface area (Å²) in [6.07, 6.45) is 2.69. The Morgan fingerprint density at radius 2 is 1.85 bits per heavy atom. The van der Waals surface area contributed by atoms with Crippen molar-refractivity contribution in [2.24, 2.45) is 0 Å². The molecule has 0 spiro atoms. The number of rotatable bonds is 6. The summed E-state index contributed by atoms with van der Waals surface area (Å²) in [6.45, 7) is 1.87. The molecule has 6 nitrogen and oxygen atoms in total. The number of amides is 2. The fraction of sp³-hybridized carbons (Fsp3) is 0.211. The zero-order valence-corrected chi connectivity index (χ0v) is 15.0. The summed E-state index contributed by atoms with van der Waals surface area (Å²) < 4.78 is 3.24. The van der Waals surface area contributed by atoms with E-state index in [0.29, 0.717) is 13.1 Å². The number of para-hydroxylation sites is 3. The number of carbonyl (C=O) groups is 1. The number of imidazole rings is 1. The largest absolute Gasteiger partial charge is 0.338 e. The van der Waals surface area contributed by atoms with Gasteiger partial charge >= 0.3 is 6.03 Å². The summed E-state index contributed by atoms with van der Waals surface area (Å²) in [4.78, 5) is 20.8. The molecule has 2 aromatic carbocycles. The minimum absolute atomic E-state index is 0.167. The van der Waals surface area contributed by atoms with E-state index >= 15 is 0 Å². The highest BCUT2D eigenvalue weighted by Gasteiger charge is 2.06. The van der Waals surface area contributed by atoms with Crippen molar-refractivity contribution in [1.29, 1.82) is 0 Å². The van der Waals surface area contributed by atoms with Gasteiger partial charge in [-0.05, 0) is 30.7 Å². The van der Waals surface area contributed by atoms with Crippen molar-refractivity contribution in [2.75, 3.05) is 6.54 Å². The number of fused-ring (bicyclic) bond motifs is 2. The lowest BCUT2D eigenvalue weighted by Gasteiger charge is -2.07. The van der Waals surface area contributed by atoms with E-state index < -0.39 is 0 Å². The van der Waals surface area contributed by atoms with Gasteiger partial charge in [-0.15, -0.1) is 11.3 Å². The molecule has 4 aromatic rings. The number of aromatic nitrogens is 3. The number of benzene rings is 2. The van der Waals surface area contributed by atoms with Gasteiger partial charge in [0, 0.05) is 13.1 Å². The third kappa shape index (κ3) is 3.67. The molecule has 0 atom stereocenters. The average Bonchev–Trinajstić information content (AvgIpc) is 3.27. The second kappa shape index (κ2) is 7.53. The zero-order valence-electron chi connectivity index (χ0n) is 14.2. The number of urea groups is 1. The van der Waals surface area contributed by atoms with E-state index in [1.807, 2.05) is 48.8 Å². The quantitative estimate of drug-likeness (QED) is 0.514. The Kier molecular flexibility index (Phi) is 4.79. The van der Waals surface area contributed by atoms with Crippen molar-refractivity contribution < 1.29 is 4.79 Å². The van der Waals surface area contributed by atoms with Crippen LogP contribution in [0.4, 0.5) is 4.79 Å². The highest BCUT2D eigenvalue weighted by molar-refractivity contribution is 7.18. The van der Waals surface area contributed by atoms with Crippen LogP contribution in [0.15, 0.2) is 54.9 Å². The van der Waals surface area contributed by atoms with Crippen LogP contribution in [0.1, 0.15) is 11.4 Å². The third-order valence-corrected chi connectivity index (χ3v) is 5.16. The topological polar surface area (TPSA) is 71.8 Å². The first-order chi connectivity index (χ1) is 12.8. The number of nitrogens with zero attached hydrogens (tertiary/aromatic N) is 3. The summed E-state index contributed by atoms with van der Waals surface area (Å²) in [5, 5.41) is 6.66. The SMILES string of the molecule is O=C(NCCCn1cnc2ccccc21)NCc1nc2ccccc2s1. The standard InChI is InChI=1S/C19H19N5OS/c25-19(21-12-18-23-15-7-2-4-9-17(15)26-18)20-10-5-11-24-13-22-14-6-1-3-8-16(14)24/h1-4,6-9,13H,5,10-12H2,(H2,20,21,25). The molecule has 0 bridgehead atoms. The molecule has 0 aliphatic carbocycles. The summed E-state index contributed by atoms with van der Waals surface area (Å²) in [6, 6.07) is 15.9. The van der Waals surface area contributed by atoms with E-state index in [2.05, 4.69) is 31.2 Å². The number of thiazole rings is 1. The van der Waals surface area contributed by atoms with Crippen LogP contribution in [-0.4, -0.2) is 27.1 Å². The highest BCUT2D eigenvalue weighted by Crippen LogP contribution is 2.21. The van der Waals surface area contributed by atoms with E-state index in [0.717, 1.165) is 39.2 Å². The van der Waals surface area contributed by atoms with Crippen LogP contribution >= 0.6 is 11.3 Å². The van der Waals surface area contributed by atoms with E-state index in [-0.39, 0.29) is 6.03 Å². The lowest BCUT2D eigenvalue weighted by atomic mass is 10.3. The van der Waals surface area contributed by atoms with Gasteiger partial charge in [-0.3, -0.25) is 0 Å². The first kappa shape index (κ1) is 16.5. The second-order valence-electron chi connectivity index (χ2n) is 5.97. The molecule has 26 heavy (non-hydrogen) atoms. The summed E-state index contributed by atoms with van der Waals surface area (Å²) in [5.74, 6) is 0. The normalized spacial score (nSPS) is 11.1. The Hall–Kier alpha value is -2.93. The van der Waals surface area contributed by atoms with Gasteiger partial charge in [0.1, 0.15) is 5.01 Å². The van der Waals surface area contributed by atoms with Gasteiger partial charge < -0.3 is 15.2 Å². The van der Waals surface area contributed by atoms with Crippen LogP contribution in [-0.2, 0) is 13.1 Å². The molecule has 2 amide bonds. The van der Waals surface area contributed by atoms with Crippen molar-refractivity contribution >= 4 is 38.6 Å². The Morgan fingerprint density at radius 1 is 1.04 bits per heavy atom. The molecule has 7 heteroatoms. The first-order valence-corrected chi connectivity index (χ1v) is 9.37. The van der Waals surface area contributed by atoms with Crippen LogP contribution in [0.5, 0.6) is 0 Å². The minimum Gasteiger partial charge on any atom is -0.338 e. The predicted molar refractivity (Wildman–Crippen MR) is 104 cm³/mol. The number of hydrogen-bond acceptors (Lipinski definition) is 4. The molecule has 0 fully saturated rings. The van der Waals surface area contributed by atoms with Crippen molar-refractivity contribution in [2.45, 2.75) is 19.5 Å². The number of nitrogens with one attached hydrogen (secondary N) is 2. The van der Waals surface area contributed by atoms with Crippen LogP contribution < -0.4 is 10.6 Å². The summed E-state index contributed by atoms with van der Waals surface area (Å²) in [5.41, 5.74) is 3.09. The fourth-order valence-electron chi connectivity index (χ4n) is 2.85. The molecule has 0 aliphatic rings. The van der Waals surface area contributed by atoms with Crippen molar-refractivity contribution in [3.63, 3.8) is 0 Å². The minimum atomic E-state index is -0.167. The molecule has 4 rings (SSSR count). The Morgan fingerprint density at radius 3 is 2.73 bits per heavy atom. The van der Waals surface area contributed by atoms with Gasteiger partial charge in [0.05, 0.1) is 34.1 Å². The van der Waals surface area contributed by atoms with Crippen LogP contribution in [0.3, 0.4) is 0 Å². The highest BCUT2D eigenvalue weighted by atomic mass is 32.1. The number of aryl methyl sites for hydroxylation is 1. The van der Waals surface area contributed by atoms with Gasteiger partial charge in [0.15, 0.2) is 0 Å². The maximum atomic E-state index is 11.9. The van der Waals surface area contributed by atoms with Crippen LogP contribution in [0.25, 0.3) is 21.3 Å². The lowest BCUT2D eigenvalue weighted by molar-refractivity contribution is 0.240. The number of hydrogen-bond donors (Lipinski definition) is 2. The molecule has 2 N–H and O–H groups in total. The van der Waals surface area contributed by atoms with Gasteiger partial charge in [-0.25, -0.2) is 14.8 Å².